The second-order valence-electron chi connectivity index (χ2n) is 3.87. The van der Waals surface area contributed by atoms with Gasteiger partial charge in [0.05, 0.1) is 0 Å². The first-order valence-corrected chi connectivity index (χ1v) is 4.80. The molecule has 1 amide bonds. The number of hydrogen-bond donors (Lipinski definition) is 1. The van der Waals surface area contributed by atoms with Gasteiger partial charge in [-0.3, -0.25) is 4.79 Å². The van der Waals surface area contributed by atoms with E-state index in [1.54, 1.807) is 6.20 Å². The minimum Gasteiger partial charge on any atom is -0.311 e. The lowest BCUT2D eigenvalue weighted by Crippen LogP contribution is -2.14. The summed E-state index contributed by atoms with van der Waals surface area (Å²) in [4.78, 5) is 15.5. The molecule has 0 aromatic carbocycles. The Kier molecular flexibility index (Phi) is 3.63. The van der Waals surface area contributed by atoms with Crippen molar-refractivity contribution in [2.24, 2.45) is 5.92 Å². The molecule has 0 aliphatic heterocycles. The summed E-state index contributed by atoms with van der Waals surface area (Å²) in [6.07, 6.45) is 2.28. The number of carbonyl (C=O) groups is 1. The van der Waals surface area contributed by atoms with Gasteiger partial charge in [-0.25, -0.2) is 4.98 Å². The van der Waals surface area contributed by atoms with Crippen LogP contribution in [0.4, 0.5) is 5.82 Å². The minimum atomic E-state index is 0.0244. The van der Waals surface area contributed by atoms with Crippen molar-refractivity contribution in [3.63, 3.8) is 0 Å². The summed E-state index contributed by atoms with van der Waals surface area (Å²) in [5.41, 5.74) is 1.09. The zero-order chi connectivity index (χ0) is 10.6. The third-order valence-electron chi connectivity index (χ3n) is 1.77. The molecule has 0 fully saturated rings. The van der Waals surface area contributed by atoms with Crippen molar-refractivity contribution in [1.82, 2.24) is 4.98 Å². The molecule has 1 aromatic heterocycles. The maximum absolute atomic E-state index is 11.4. The molecular weight excluding hydrogens is 176 g/mol. The number of hydrogen-bond acceptors (Lipinski definition) is 2. The van der Waals surface area contributed by atoms with Gasteiger partial charge in [0.15, 0.2) is 0 Å². The third kappa shape index (κ3) is 3.56. The molecule has 1 N–H and O–H groups in total. The lowest BCUT2D eigenvalue weighted by Gasteiger charge is -2.06. The second-order valence-corrected chi connectivity index (χ2v) is 3.87. The number of amides is 1. The number of anilines is 1. The Hall–Kier alpha value is -1.38. The van der Waals surface area contributed by atoms with E-state index in [1.165, 1.54) is 0 Å². The van der Waals surface area contributed by atoms with Crippen molar-refractivity contribution >= 4 is 11.7 Å². The Bertz CT molecular complexity index is 304. The highest BCUT2D eigenvalue weighted by atomic mass is 16.1. The summed E-state index contributed by atoms with van der Waals surface area (Å²) < 4.78 is 0. The van der Waals surface area contributed by atoms with Gasteiger partial charge in [0.25, 0.3) is 0 Å². The van der Waals surface area contributed by atoms with Crippen LogP contribution in [0.5, 0.6) is 0 Å². The smallest absolute Gasteiger partial charge is 0.225 e. The van der Waals surface area contributed by atoms with E-state index in [2.05, 4.69) is 10.3 Å². The molecule has 0 unspecified atom stereocenters. The van der Waals surface area contributed by atoms with Gasteiger partial charge in [-0.1, -0.05) is 19.9 Å². The third-order valence-corrected chi connectivity index (χ3v) is 1.77. The van der Waals surface area contributed by atoms with Gasteiger partial charge in [0.2, 0.25) is 5.91 Å². The predicted octanol–water partition coefficient (Wildman–Crippen LogP) is 2.37. The van der Waals surface area contributed by atoms with Crippen molar-refractivity contribution in [3.8, 4) is 0 Å². The van der Waals surface area contributed by atoms with Crippen molar-refractivity contribution in [2.45, 2.75) is 27.2 Å². The van der Waals surface area contributed by atoms with Crippen LogP contribution in [0.2, 0.25) is 0 Å². The van der Waals surface area contributed by atoms with E-state index in [1.807, 2.05) is 32.9 Å². The number of nitrogens with zero attached hydrogens (tertiary/aromatic N) is 1. The minimum absolute atomic E-state index is 0.0244. The number of aryl methyl sites for hydroxylation is 1. The number of pyridine rings is 1. The van der Waals surface area contributed by atoms with Crippen LogP contribution >= 0.6 is 0 Å². The van der Waals surface area contributed by atoms with E-state index in [4.69, 9.17) is 0 Å². The molecule has 0 radical (unpaired) electrons. The molecule has 1 heterocycles. The van der Waals surface area contributed by atoms with E-state index >= 15 is 0 Å². The van der Waals surface area contributed by atoms with Gasteiger partial charge in [0.1, 0.15) is 5.82 Å². The lowest BCUT2D eigenvalue weighted by molar-refractivity contribution is -0.116. The Morgan fingerprint density at radius 2 is 2.21 bits per heavy atom. The fraction of sp³-hybridized carbons (Fsp3) is 0.455. The molecule has 3 heteroatoms. The van der Waals surface area contributed by atoms with E-state index < -0.39 is 0 Å². The van der Waals surface area contributed by atoms with Crippen LogP contribution < -0.4 is 5.32 Å². The topological polar surface area (TPSA) is 42.0 Å². The number of carbonyl (C=O) groups excluding carboxylic acids is 1. The van der Waals surface area contributed by atoms with Crippen molar-refractivity contribution < 1.29 is 4.79 Å². The molecule has 14 heavy (non-hydrogen) atoms. The van der Waals surface area contributed by atoms with E-state index in [0.717, 1.165) is 5.56 Å². The van der Waals surface area contributed by atoms with Crippen LogP contribution in [-0.4, -0.2) is 10.9 Å². The summed E-state index contributed by atoms with van der Waals surface area (Å²) in [5.74, 6) is 1.03. The zero-order valence-electron chi connectivity index (χ0n) is 8.87. The first-order valence-electron chi connectivity index (χ1n) is 4.80. The van der Waals surface area contributed by atoms with Gasteiger partial charge in [-0.2, -0.15) is 0 Å². The molecule has 0 aliphatic carbocycles. The van der Waals surface area contributed by atoms with Gasteiger partial charge in [-0.05, 0) is 24.5 Å². The molecule has 0 atom stereocenters. The second kappa shape index (κ2) is 4.74. The average Bonchev–Trinajstić information content (AvgIpc) is 2.07. The molecule has 0 saturated heterocycles. The molecular formula is C11H16N2O. The molecule has 0 spiro atoms. The Morgan fingerprint density at radius 1 is 1.50 bits per heavy atom. The highest BCUT2D eigenvalue weighted by Crippen LogP contribution is 2.06. The molecule has 1 aromatic rings. The summed E-state index contributed by atoms with van der Waals surface area (Å²) in [6, 6.07) is 3.74. The quantitative estimate of drug-likeness (QED) is 0.798. The fourth-order valence-corrected chi connectivity index (χ4v) is 1.11. The first-order chi connectivity index (χ1) is 6.58. The Morgan fingerprint density at radius 3 is 2.71 bits per heavy atom. The lowest BCUT2D eigenvalue weighted by atomic mass is 10.1. The molecule has 0 bridgehead atoms. The molecule has 76 valence electrons. The molecule has 1 rings (SSSR count). The van der Waals surface area contributed by atoms with Gasteiger partial charge < -0.3 is 5.32 Å². The first kappa shape index (κ1) is 10.7. The van der Waals surface area contributed by atoms with Crippen LogP contribution in [0.15, 0.2) is 18.3 Å². The van der Waals surface area contributed by atoms with Crippen molar-refractivity contribution in [3.05, 3.63) is 23.9 Å². The predicted molar refractivity (Wildman–Crippen MR) is 57.1 cm³/mol. The molecule has 3 nitrogen and oxygen atoms in total. The van der Waals surface area contributed by atoms with Crippen molar-refractivity contribution in [2.75, 3.05) is 5.32 Å². The summed E-state index contributed by atoms with van der Waals surface area (Å²) in [5, 5.41) is 2.75. The summed E-state index contributed by atoms with van der Waals surface area (Å²) in [7, 11) is 0. The molecule has 0 aliphatic rings. The largest absolute Gasteiger partial charge is 0.311 e. The standard InChI is InChI=1S/C11H16N2O/c1-8(2)6-11(14)13-10-5-4-9(3)7-12-10/h4-5,7-8H,6H2,1-3H3,(H,12,13,14). The van der Waals surface area contributed by atoms with Crippen LogP contribution in [-0.2, 0) is 4.79 Å². The SMILES string of the molecule is Cc1ccc(NC(=O)CC(C)C)nc1. The summed E-state index contributed by atoms with van der Waals surface area (Å²) >= 11 is 0. The number of aromatic nitrogens is 1. The highest BCUT2D eigenvalue weighted by molar-refractivity contribution is 5.89. The summed E-state index contributed by atoms with van der Waals surface area (Å²) in [6.45, 7) is 6.00. The Labute approximate surface area is 84.6 Å². The highest BCUT2D eigenvalue weighted by Gasteiger charge is 2.05. The van der Waals surface area contributed by atoms with E-state index in [9.17, 15) is 4.79 Å². The maximum atomic E-state index is 11.4. The van der Waals surface area contributed by atoms with Crippen LogP contribution in [0.25, 0.3) is 0 Å². The van der Waals surface area contributed by atoms with Crippen LogP contribution in [0, 0.1) is 12.8 Å². The zero-order valence-corrected chi connectivity index (χ0v) is 8.87. The number of rotatable bonds is 3. The van der Waals surface area contributed by atoms with E-state index in [0.29, 0.717) is 18.2 Å². The van der Waals surface area contributed by atoms with Crippen LogP contribution in [0.1, 0.15) is 25.8 Å². The van der Waals surface area contributed by atoms with E-state index in [-0.39, 0.29) is 5.91 Å². The molecule has 0 saturated carbocycles. The average molecular weight is 192 g/mol. The van der Waals surface area contributed by atoms with Crippen LogP contribution in [0.3, 0.4) is 0 Å². The maximum Gasteiger partial charge on any atom is 0.225 e. The van der Waals surface area contributed by atoms with Gasteiger partial charge in [-0.15, -0.1) is 0 Å². The monoisotopic (exact) mass is 192 g/mol. The van der Waals surface area contributed by atoms with Gasteiger partial charge in [0, 0.05) is 12.6 Å². The fourth-order valence-electron chi connectivity index (χ4n) is 1.11. The van der Waals surface area contributed by atoms with Crippen molar-refractivity contribution in [1.29, 1.82) is 0 Å². The number of nitrogens with one attached hydrogen (secondary N) is 1. The Balaban J connectivity index is 2.52. The van der Waals surface area contributed by atoms with Gasteiger partial charge >= 0.3 is 0 Å². The normalized spacial score (nSPS) is 10.3.